The van der Waals surface area contributed by atoms with Gasteiger partial charge in [0.25, 0.3) is 0 Å². The summed E-state index contributed by atoms with van der Waals surface area (Å²) in [5.41, 5.74) is 0. The van der Waals surface area contributed by atoms with E-state index in [1.807, 2.05) is 18.1 Å². The molecule has 2 aliphatic heterocycles. The number of imidazole rings is 1. The van der Waals surface area contributed by atoms with Crippen LogP contribution in [0.1, 0.15) is 5.82 Å². The minimum Gasteiger partial charge on any atom is -0.348 e. The molecule has 6 heteroatoms. The zero-order valence-electron chi connectivity index (χ0n) is 9.96. The number of rotatable bonds is 2. The van der Waals surface area contributed by atoms with Gasteiger partial charge in [0.1, 0.15) is 5.82 Å². The zero-order chi connectivity index (χ0) is 11.8. The first-order valence-corrected chi connectivity index (χ1v) is 5.96. The van der Waals surface area contributed by atoms with Crippen molar-refractivity contribution >= 4 is 6.03 Å². The Morgan fingerprint density at radius 1 is 1.47 bits per heavy atom. The van der Waals surface area contributed by atoms with E-state index in [0.29, 0.717) is 6.04 Å². The van der Waals surface area contributed by atoms with Crippen molar-refractivity contribution in [1.82, 2.24) is 24.7 Å². The zero-order valence-corrected chi connectivity index (χ0v) is 9.96. The Morgan fingerprint density at radius 2 is 2.35 bits per heavy atom. The monoisotopic (exact) mass is 235 g/mol. The summed E-state index contributed by atoms with van der Waals surface area (Å²) < 4.78 is 0. The van der Waals surface area contributed by atoms with E-state index in [1.54, 1.807) is 11.1 Å². The first-order chi connectivity index (χ1) is 8.24. The molecule has 1 aromatic rings. The lowest BCUT2D eigenvalue weighted by Gasteiger charge is -2.35. The molecule has 0 unspecified atom stereocenters. The molecule has 6 nitrogen and oxygen atoms in total. The van der Waals surface area contributed by atoms with Gasteiger partial charge < -0.3 is 14.8 Å². The lowest BCUT2D eigenvalue weighted by molar-refractivity contribution is 0.114. The van der Waals surface area contributed by atoms with Crippen LogP contribution < -0.4 is 0 Å². The Kier molecular flexibility index (Phi) is 2.51. The van der Waals surface area contributed by atoms with Crippen LogP contribution in [0.25, 0.3) is 0 Å². The summed E-state index contributed by atoms with van der Waals surface area (Å²) >= 11 is 0. The highest BCUT2D eigenvalue weighted by Crippen LogP contribution is 2.19. The smallest absolute Gasteiger partial charge is 0.320 e. The van der Waals surface area contributed by atoms with Crippen molar-refractivity contribution in [2.45, 2.75) is 12.6 Å². The Bertz CT molecular complexity index is 404. The van der Waals surface area contributed by atoms with Gasteiger partial charge in [-0.15, -0.1) is 0 Å². The fourth-order valence-corrected chi connectivity index (χ4v) is 2.68. The number of aromatic nitrogens is 2. The highest BCUT2D eigenvalue weighted by molar-refractivity contribution is 5.77. The number of amides is 2. The van der Waals surface area contributed by atoms with Gasteiger partial charge in [0, 0.05) is 45.6 Å². The Balaban J connectivity index is 1.63. The predicted molar refractivity (Wildman–Crippen MR) is 62.4 cm³/mol. The lowest BCUT2D eigenvalue weighted by atomic mass is 10.2. The quantitative estimate of drug-likeness (QED) is 0.782. The summed E-state index contributed by atoms with van der Waals surface area (Å²) in [6.07, 6.45) is 3.62. The molecule has 2 aliphatic rings. The fraction of sp³-hybridized carbons (Fsp3) is 0.636. The summed E-state index contributed by atoms with van der Waals surface area (Å²) in [6, 6.07) is 0.517. The van der Waals surface area contributed by atoms with Gasteiger partial charge in [-0.25, -0.2) is 9.78 Å². The molecule has 2 saturated heterocycles. The van der Waals surface area contributed by atoms with Gasteiger partial charge in [0.05, 0.1) is 12.6 Å². The van der Waals surface area contributed by atoms with Crippen molar-refractivity contribution < 1.29 is 4.79 Å². The Morgan fingerprint density at radius 3 is 3.12 bits per heavy atom. The summed E-state index contributed by atoms with van der Waals surface area (Å²) in [6.45, 7) is 4.38. The van der Waals surface area contributed by atoms with Crippen molar-refractivity contribution in [3.8, 4) is 0 Å². The number of hydrogen-bond acceptors (Lipinski definition) is 3. The molecule has 3 rings (SSSR count). The fourth-order valence-electron chi connectivity index (χ4n) is 2.68. The second-order valence-corrected chi connectivity index (χ2v) is 4.78. The topological polar surface area (TPSA) is 55.5 Å². The van der Waals surface area contributed by atoms with Gasteiger partial charge in [0.15, 0.2) is 0 Å². The van der Waals surface area contributed by atoms with Crippen LogP contribution >= 0.6 is 0 Å². The van der Waals surface area contributed by atoms with Gasteiger partial charge >= 0.3 is 6.03 Å². The number of aromatic amines is 1. The van der Waals surface area contributed by atoms with E-state index in [9.17, 15) is 4.79 Å². The summed E-state index contributed by atoms with van der Waals surface area (Å²) in [7, 11) is 1.87. The standard InChI is InChI=1S/C11H17N5O/c1-14-6-9-7-15(4-5-16(9)11(14)17)8-10-12-2-3-13-10/h2-3,9H,4-8H2,1H3,(H,12,13)/t9-/m0/s1. The van der Waals surface area contributed by atoms with E-state index in [1.165, 1.54) is 0 Å². The maximum absolute atomic E-state index is 11.8. The maximum Gasteiger partial charge on any atom is 0.320 e. The van der Waals surface area contributed by atoms with Crippen LogP contribution in [0.15, 0.2) is 12.4 Å². The molecule has 92 valence electrons. The van der Waals surface area contributed by atoms with Crippen LogP contribution in [0, 0.1) is 0 Å². The first-order valence-electron chi connectivity index (χ1n) is 5.96. The summed E-state index contributed by atoms with van der Waals surface area (Å²) in [4.78, 5) is 25.3. The van der Waals surface area contributed by atoms with E-state index < -0.39 is 0 Å². The summed E-state index contributed by atoms with van der Waals surface area (Å²) in [5.74, 6) is 0.996. The normalized spacial score (nSPS) is 25.5. The molecule has 3 heterocycles. The molecule has 0 radical (unpaired) electrons. The minimum absolute atomic E-state index is 0.174. The maximum atomic E-state index is 11.8. The van der Waals surface area contributed by atoms with Crippen LogP contribution in [-0.4, -0.2) is 70.0 Å². The van der Waals surface area contributed by atoms with Crippen molar-refractivity contribution in [2.75, 3.05) is 33.2 Å². The molecule has 0 aliphatic carbocycles. The summed E-state index contributed by atoms with van der Waals surface area (Å²) in [5, 5.41) is 0. The van der Waals surface area contributed by atoms with Crippen LogP contribution in [0.3, 0.4) is 0 Å². The van der Waals surface area contributed by atoms with Gasteiger partial charge in [-0.2, -0.15) is 0 Å². The molecule has 1 N–H and O–H groups in total. The van der Waals surface area contributed by atoms with Crippen molar-refractivity contribution in [2.24, 2.45) is 0 Å². The number of piperazine rings is 1. The van der Waals surface area contributed by atoms with Crippen molar-refractivity contribution in [1.29, 1.82) is 0 Å². The second kappa shape index (κ2) is 4.03. The number of H-pyrrole nitrogens is 1. The molecule has 0 spiro atoms. The molecule has 17 heavy (non-hydrogen) atoms. The number of nitrogens with zero attached hydrogens (tertiary/aromatic N) is 4. The lowest BCUT2D eigenvalue weighted by Crippen LogP contribution is -2.51. The number of carbonyl (C=O) groups is 1. The largest absolute Gasteiger partial charge is 0.348 e. The van der Waals surface area contributed by atoms with E-state index in [-0.39, 0.29) is 6.03 Å². The minimum atomic E-state index is 0.174. The first kappa shape index (κ1) is 10.6. The van der Waals surface area contributed by atoms with Crippen molar-refractivity contribution in [3.63, 3.8) is 0 Å². The molecule has 2 fully saturated rings. The van der Waals surface area contributed by atoms with E-state index in [4.69, 9.17) is 0 Å². The average molecular weight is 235 g/mol. The van der Waals surface area contributed by atoms with Gasteiger partial charge in [0.2, 0.25) is 0 Å². The van der Waals surface area contributed by atoms with Crippen molar-refractivity contribution in [3.05, 3.63) is 18.2 Å². The Hall–Kier alpha value is -1.56. The molecule has 1 aromatic heterocycles. The van der Waals surface area contributed by atoms with Crippen LogP contribution in [0.2, 0.25) is 0 Å². The SMILES string of the molecule is CN1C[C@H]2CN(Cc3ncc[nH]3)CCN2C1=O. The number of nitrogens with one attached hydrogen (secondary N) is 1. The molecule has 1 atom stereocenters. The van der Waals surface area contributed by atoms with Crippen LogP contribution in [0.4, 0.5) is 4.79 Å². The van der Waals surface area contributed by atoms with E-state index in [0.717, 1.165) is 38.5 Å². The molecule has 0 bridgehead atoms. The van der Waals surface area contributed by atoms with Gasteiger partial charge in [-0.05, 0) is 0 Å². The molecule has 2 amide bonds. The van der Waals surface area contributed by atoms with Crippen LogP contribution in [0.5, 0.6) is 0 Å². The number of hydrogen-bond donors (Lipinski definition) is 1. The second-order valence-electron chi connectivity index (χ2n) is 4.78. The van der Waals surface area contributed by atoms with E-state index in [2.05, 4.69) is 14.9 Å². The number of fused-ring (bicyclic) bond motifs is 1. The van der Waals surface area contributed by atoms with Gasteiger partial charge in [-0.3, -0.25) is 4.90 Å². The molecular formula is C11H17N5O. The van der Waals surface area contributed by atoms with Gasteiger partial charge in [-0.1, -0.05) is 0 Å². The van der Waals surface area contributed by atoms with E-state index >= 15 is 0 Å². The molecule has 0 saturated carbocycles. The third kappa shape index (κ3) is 1.88. The highest BCUT2D eigenvalue weighted by Gasteiger charge is 2.38. The number of likely N-dealkylation sites (N-methyl/N-ethyl adjacent to an activating group) is 1. The third-order valence-corrected chi connectivity index (χ3v) is 3.55. The van der Waals surface area contributed by atoms with Crippen LogP contribution in [-0.2, 0) is 6.54 Å². The molecular weight excluding hydrogens is 218 g/mol. The third-order valence-electron chi connectivity index (χ3n) is 3.55. The Labute approximate surface area is 100 Å². The average Bonchev–Trinajstić information content (AvgIpc) is 2.89. The predicted octanol–water partition coefficient (Wildman–Crippen LogP) is -0.0387. The number of urea groups is 1. The highest BCUT2D eigenvalue weighted by atomic mass is 16.2. The molecule has 0 aromatic carbocycles. The number of carbonyl (C=O) groups excluding carboxylic acids is 1.